The van der Waals surface area contributed by atoms with Gasteiger partial charge in [0, 0.05) is 4.70 Å². The second-order valence-corrected chi connectivity index (χ2v) is 4.79. The number of carboxylic acid groups (broad SMARTS) is 1. The maximum absolute atomic E-state index is 12.9. The molecule has 1 aromatic carbocycles. The van der Waals surface area contributed by atoms with Gasteiger partial charge in [-0.05, 0) is 22.4 Å². The quantitative estimate of drug-likeness (QED) is 0.917. The summed E-state index contributed by atoms with van der Waals surface area (Å²) in [7, 11) is 0. The molecule has 2 rings (SSSR count). The standard InChI is InChI=1S/C12H9F3O2S/c13-12(14,15)9(5-11(16)17)8-6-18-10-4-2-1-3-7(8)10/h1-4,6,9H,5H2,(H,16,17). The highest BCUT2D eigenvalue weighted by Gasteiger charge is 2.43. The molecule has 0 amide bonds. The van der Waals surface area contributed by atoms with E-state index in [4.69, 9.17) is 5.11 Å². The molecule has 1 atom stereocenters. The zero-order valence-electron chi connectivity index (χ0n) is 9.07. The SMILES string of the molecule is O=C(O)CC(c1csc2ccccc12)C(F)(F)F. The van der Waals surface area contributed by atoms with Crippen molar-refractivity contribution in [1.29, 1.82) is 0 Å². The van der Waals surface area contributed by atoms with E-state index in [1.165, 1.54) is 16.7 Å². The number of hydrogen-bond acceptors (Lipinski definition) is 2. The van der Waals surface area contributed by atoms with Crippen molar-refractivity contribution in [3.05, 3.63) is 35.2 Å². The van der Waals surface area contributed by atoms with Gasteiger partial charge >= 0.3 is 12.1 Å². The molecule has 0 fully saturated rings. The maximum Gasteiger partial charge on any atom is 0.396 e. The van der Waals surface area contributed by atoms with Gasteiger partial charge in [0.2, 0.25) is 0 Å². The van der Waals surface area contributed by atoms with E-state index in [1.54, 1.807) is 24.3 Å². The largest absolute Gasteiger partial charge is 0.481 e. The fourth-order valence-electron chi connectivity index (χ4n) is 1.84. The summed E-state index contributed by atoms with van der Waals surface area (Å²) in [6.07, 6.45) is -5.49. The lowest BCUT2D eigenvalue weighted by Crippen LogP contribution is -2.23. The van der Waals surface area contributed by atoms with Crippen LogP contribution < -0.4 is 0 Å². The Morgan fingerprint density at radius 3 is 2.61 bits per heavy atom. The highest BCUT2D eigenvalue weighted by molar-refractivity contribution is 7.17. The second kappa shape index (κ2) is 4.61. The Morgan fingerprint density at radius 2 is 2.00 bits per heavy atom. The van der Waals surface area contributed by atoms with Crippen LogP contribution in [0.4, 0.5) is 13.2 Å². The van der Waals surface area contributed by atoms with Crippen LogP contribution in [0.15, 0.2) is 29.6 Å². The van der Waals surface area contributed by atoms with Gasteiger partial charge < -0.3 is 5.11 Å². The molecule has 1 N–H and O–H groups in total. The van der Waals surface area contributed by atoms with Crippen molar-refractivity contribution in [2.75, 3.05) is 0 Å². The van der Waals surface area contributed by atoms with Crippen LogP contribution in [-0.4, -0.2) is 17.3 Å². The van der Waals surface area contributed by atoms with Crippen molar-refractivity contribution in [2.45, 2.75) is 18.5 Å². The lowest BCUT2D eigenvalue weighted by Gasteiger charge is -2.18. The fraction of sp³-hybridized carbons (Fsp3) is 0.250. The molecule has 0 aliphatic heterocycles. The molecule has 0 aliphatic rings. The lowest BCUT2D eigenvalue weighted by atomic mass is 9.95. The number of benzene rings is 1. The van der Waals surface area contributed by atoms with Crippen molar-refractivity contribution >= 4 is 27.4 Å². The van der Waals surface area contributed by atoms with Gasteiger partial charge in [-0.3, -0.25) is 4.79 Å². The van der Waals surface area contributed by atoms with Crippen LogP contribution >= 0.6 is 11.3 Å². The number of aliphatic carboxylic acids is 1. The molecule has 0 radical (unpaired) electrons. The minimum absolute atomic E-state index is 0.0468. The molecule has 18 heavy (non-hydrogen) atoms. The zero-order chi connectivity index (χ0) is 13.3. The Kier molecular flexibility index (Phi) is 3.30. The fourth-order valence-corrected chi connectivity index (χ4v) is 2.86. The third-order valence-electron chi connectivity index (χ3n) is 2.66. The highest BCUT2D eigenvalue weighted by atomic mass is 32.1. The van der Waals surface area contributed by atoms with Gasteiger partial charge in [-0.25, -0.2) is 0 Å². The summed E-state index contributed by atoms with van der Waals surface area (Å²) >= 11 is 1.19. The molecule has 0 aliphatic carbocycles. The number of carboxylic acids is 1. The molecule has 0 spiro atoms. The van der Waals surface area contributed by atoms with Crippen LogP contribution in [0.3, 0.4) is 0 Å². The van der Waals surface area contributed by atoms with Crippen molar-refractivity contribution in [1.82, 2.24) is 0 Å². The molecule has 1 aromatic heterocycles. The van der Waals surface area contributed by atoms with Gasteiger partial charge in [-0.15, -0.1) is 11.3 Å². The van der Waals surface area contributed by atoms with Crippen LogP contribution in [-0.2, 0) is 4.79 Å². The Balaban J connectivity index is 2.51. The van der Waals surface area contributed by atoms with Crippen molar-refractivity contribution in [3.8, 4) is 0 Å². The van der Waals surface area contributed by atoms with Crippen molar-refractivity contribution in [2.24, 2.45) is 0 Å². The number of alkyl halides is 3. The van der Waals surface area contributed by atoms with E-state index in [1.807, 2.05) is 0 Å². The van der Waals surface area contributed by atoms with Crippen LogP contribution in [0, 0.1) is 0 Å². The highest BCUT2D eigenvalue weighted by Crippen LogP contribution is 2.42. The van der Waals surface area contributed by atoms with Crippen molar-refractivity contribution in [3.63, 3.8) is 0 Å². The van der Waals surface area contributed by atoms with Crippen LogP contribution in [0.2, 0.25) is 0 Å². The predicted molar refractivity (Wildman–Crippen MR) is 62.9 cm³/mol. The zero-order valence-corrected chi connectivity index (χ0v) is 9.89. The first-order valence-electron chi connectivity index (χ1n) is 5.14. The Bertz CT molecular complexity index is 574. The molecular formula is C12H9F3O2S. The Morgan fingerprint density at radius 1 is 1.33 bits per heavy atom. The maximum atomic E-state index is 12.9. The first-order valence-corrected chi connectivity index (χ1v) is 6.02. The molecule has 0 bridgehead atoms. The molecule has 2 nitrogen and oxygen atoms in total. The first-order chi connectivity index (χ1) is 8.39. The van der Waals surface area contributed by atoms with Gasteiger partial charge in [0.1, 0.15) is 0 Å². The smallest absolute Gasteiger partial charge is 0.396 e. The molecule has 6 heteroatoms. The number of hydrogen-bond donors (Lipinski definition) is 1. The summed E-state index contributed by atoms with van der Waals surface area (Å²) < 4.78 is 39.5. The van der Waals surface area contributed by atoms with E-state index >= 15 is 0 Å². The summed E-state index contributed by atoms with van der Waals surface area (Å²) in [6.45, 7) is 0. The number of carbonyl (C=O) groups is 1. The molecule has 0 saturated carbocycles. The molecular weight excluding hydrogens is 265 g/mol. The normalized spacial score (nSPS) is 13.7. The molecule has 2 aromatic rings. The number of fused-ring (bicyclic) bond motifs is 1. The average molecular weight is 274 g/mol. The Hall–Kier alpha value is -1.56. The monoisotopic (exact) mass is 274 g/mol. The van der Waals surface area contributed by atoms with Gasteiger partial charge in [0.05, 0.1) is 12.3 Å². The van der Waals surface area contributed by atoms with Crippen LogP contribution in [0.25, 0.3) is 10.1 Å². The van der Waals surface area contributed by atoms with Gasteiger partial charge in [-0.1, -0.05) is 18.2 Å². The molecule has 0 saturated heterocycles. The van der Waals surface area contributed by atoms with Gasteiger partial charge in [0.25, 0.3) is 0 Å². The van der Waals surface area contributed by atoms with Gasteiger partial charge in [0.15, 0.2) is 0 Å². The number of thiophene rings is 1. The second-order valence-electron chi connectivity index (χ2n) is 3.88. The molecule has 1 heterocycles. The van der Waals surface area contributed by atoms with Crippen LogP contribution in [0.5, 0.6) is 0 Å². The predicted octanol–water partition coefficient (Wildman–Crippen LogP) is 4.02. The van der Waals surface area contributed by atoms with Crippen molar-refractivity contribution < 1.29 is 23.1 Å². The first kappa shape index (κ1) is 12.9. The minimum atomic E-state index is -4.55. The number of rotatable bonds is 3. The molecule has 96 valence electrons. The summed E-state index contributed by atoms with van der Waals surface area (Å²) in [5, 5.41) is 10.5. The van der Waals surface area contributed by atoms with Gasteiger partial charge in [-0.2, -0.15) is 13.2 Å². The van der Waals surface area contributed by atoms with E-state index in [2.05, 4.69) is 0 Å². The number of halogens is 3. The topological polar surface area (TPSA) is 37.3 Å². The van der Waals surface area contributed by atoms with E-state index in [0.29, 0.717) is 5.39 Å². The summed E-state index contributed by atoms with van der Waals surface area (Å²) in [5.41, 5.74) is 0.0468. The van der Waals surface area contributed by atoms with E-state index in [-0.39, 0.29) is 5.56 Å². The average Bonchev–Trinajstić information content (AvgIpc) is 2.67. The molecule has 1 unspecified atom stereocenters. The lowest BCUT2D eigenvalue weighted by molar-refractivity contribution is -0.163. The van der Waals surface area contributed by atoms with E-state index in [0.717, 1.165) is 4.70 Å². The summed E-state index contributed by atoms with van der Waals surface area (Å²) in [6, 6.07) is 6.69. The minimum Gasteiger partial charge on any atom is -0.481 e. The third-order valence-corrected chi connectivity index (χ3v) is 3.64. The van der Waals surface area contributed by atoms with Crippen LogP contribution in [0.1, 0.15) is 17.9 Å². The Labute approximate surface area is 105 Å². The van der Waals surface area contributed by atoms with E-state index < -0.39 is 24.5 Å². The summed E-state index contributed by atoms with van der Waals surface area (Å²) in [4.78, 5) is 10.6. The summed E-state index contributed by atoms with van der Waals surface area (Å²) in [5.74, 6) is -3.40. The third kappa shape index (κ3) is 2.48. The van der Waals surface area contributed by atoms with E-state index in [9.17, 15) is 18.0 Å².